The summed E-state index contributed by atoms with van der Waals surface area (Å²) < 4.78 is 0. The van der Waals surface area contributed by atoms with Crippen LogP contribution in [0.4, 0.5) is 5.69 Å². The number of carbonyl (C=O) groups excluding carboxylic acids is 1. The van der Waals surface area contributed by atoms with Crippen molar-refractivity contribution >= 4 is 24.0 Å². The lowest BCUT2D eigenvalue weighted by Crippen LogP contribution is -2.38. The lowest BCUT2D eigenvalue weighted by molar-refractivity contribution is -0.385. The molecule has 0 aliphatic heterocycles. The molecule has 118 valence electrons. The maximum atomic E-state index is 12.0. The van der Waals surface area contributed by atoms with Gasteiger partial charge in [0.2, 0.25) is 0 Å². The molecular formula is C14H22ClN3O3. The number of nitro groups is 1. The Morgan fingerprint density at radius 2 is 2.05 bits per heavy atom. The quantitative estimate of drug-likeness (QED) is 0.597. The van der Waals surface area contributed by atoms with E-state index in [2.05, 4.69) is 10.6 Å². The van der Waals surface area contributed by atoms with Crippen LogP contribution >= 0.6 is 12.4 Å². The molecule has 1 aromatic rings. The van der Waals surface area contributed by atoms with Crippen LogP contribution in [0.3, 0.4) is 0 Å². The van der Waals surface area contributed by atoms with E-state index in [1.165, 1.54) is 6.07 Å². The fourth-order valence-corrected chi connectivity index (χ4v) is 1.94. The fourth-order valence-electron chi connectivity index (χ4n) is 1.94. The first-order valence-corrected chi connectivity index (χ1v) is 6.78. The number of halogens is 1. The second kappa shape index (κ2) is 9.31. The van der Waals surface area contributed by atoms with Gasteiger partial charge in [-0.25, -0.2) is 0 Å². The maximum Gasteiger partial charge on any atom is 0.273 e. The summed E-state index contributed by atoms with van der Waals surface area (Å²) >= 11 is 0. The molecule has 1 rings (SSSR count). The Hall–Kier alpha value is -1.66. The zero-order valence-corrected chi connectivity index (χ0v) is 13.3. The molecule has 1 amide bonds. The normalized spacial score (nSPS) is 11.4. The average Bonchev–Trinajstić information content (AvgIpc) is 2.44. The molecule has 0 bridgehead atoms. The molecule has 0 fully saturated rings. The predicted molar refractivity (Wildman–Crippen MR) is 85.2 cm³/mol. The standard InChI is InChI=1S/C14H21N3O3.ClH/c1-4-11-6-7-12(8-13(11)17(19)20)14(18)16-9-10(3)15-5-2;/h6-8,10,15H,4-5,9H2,1-3H3,(H,16,18);1H/t10-;/m1./s1. The minimum atomic E-state index is -0.448. The molecule has 1 atom stereocenters. The van der Waals surface area contributed by atoms with E-state index in [-0.39, 0.29) is 30.0 Å². The summed E-state index contributed by atoms with van der Waals surface area (Å²) in [7, 11) is 0. The second-order valence-electron chi connectivity index (χ2n) is 4.62. The van der Waals surface area contributed by atoms with Crippen molar-refractivity contribution in [1.82, 2.24) is 10.6 Å². The number of nitrogens with zero attached hydrogens (tertiary/aromatic N) is 1. The summed E-state index contributed by atoms with van der Waals surface area (Å²) in [6.07, 6.45) is 0.565. The first-order valence-electron chi connectivity index (χ1n) is 6.78. The highest BCUT2D eigenvalue weighted by Gasteiger charge is 2.16. The van der Waals surface area contributed by atoms with E-state index in [0.29, 0.717) is 24.1 Å². The van der Waals surface area contributed by atoms with Crippen molar-refractivity contribution in [3.05, 3.63) is 39.4 Å². The Bertz CT molecular complexity index is 494. The Morgan fingerprint density at radius 1 is 1.38 bits per heavy atom. The van der Waals surface area contributed by atoms with Crippen LogP contribution in [0.1, 0.15) is 36.7 Å². The maximum absolute atomic E-state index is 12.0. The Kier molecular flexibility index (Phi) is 8.57. The van der Waals surface area contributed by atoms with Crippen molar-refractivity contribution in [3.63, 3.8) is 0 Å². The van der Waals surface area contributed by atoms with Crippen LogP contribution in [0.5, 0.6) is 0 Å². The van der Waals surface area contributed by atoms with Gasteiger partial charge < -0.3 is 10.6 Å². The second-order valence-corrected chi connectivity index (χ2v) is 4.62. The summed E-state index contributed by atoms with van der Waals surface area (Å²) in [5.41, 5.74) is 0.949. The van der Waals surface area contributed by atoms with Gasteiger partial charge >= 0.3 is 0 Å². The van der Waals surface area contributed by atoms with E-state index in [0.717, 1.165) is 6.54 Å². The van der Waals surface area contributed by atoms with E-state index in [1.54, 1.807) is 12.1 Å². The van der Waals surface area contributed by atoms with Gasteiger partial charge in [-0.1, -0.05) is 19.9 Å². The summed E-state index contributed by atoms with van der Waals surface area (Å²) in [4.78, 5) is 22.5. The van der Waals surface area contributed by atoms with Crippen molar-refractivity contribution in [1.29, 1.82) is 0 Å². The van der Waals surface area contributed by atoms with Crippen LogP contribution in [-0.4, -0.2) is 30.0 Å². The smallest absolute Gasteiger partial charge is 0.273 e. The van der Waals surface area contributed by atoms with Gasteiger partial charge in [-0.05, 0) is 26.0 Å². The minimum Gasteiger partial charge on any atom is -0.350 e. The number of amides is 1. The molecule has 1 aromatic carbocycles. The van der Waals surface area contributed by atoms with E-state index in [4.69, 9.17) is 0 Å². The van der Waals surface area contributed by atoms with E-state index < -0.39 is 4.92 Å². The third kappa shape index (κ3) is 5.69. The molecule has 0 heterocycles. The number of rotatable bonds is 7. The third-order valence-corrected chi connectivity index (χ3v) is 3.05. The molecule has 0 saturated heterocycles. The largest absolute Gasteiger partial charge is 0.350 e. The monoisotopic (exact) mass is 315 g/mol. The van der Waals surface area contributed by atoms with E-state index in [9.17, 15) is 14.9 Å². The number of hydrogen-bond donors (Lipinski definition) is 2. The van der Waals surface area contributed by atoms with Crippen molar-refractivity contribution in [3.8, 4) is 0 Å². The number of carbonyl (C=O) groups is 1. The van der Waals surface area contributed by atoms with Gasteiger partial charge in [0.25, 0.3) is 11.6 Å². The molecule has 7 heteroatoms. The van der Waals surface area contributed by atoms with Crippen molar-refractivity contribution in [2.24, 2.45) is 0 Å². The Balaban J connectivity index is 0.00000400. The van der Waals surface area contributed by atoms with Gasteiger partial charge in [0, 0.05) is 29.8 Å². The molecule has 2 N–H and O–H groups in total. The molecule has 21 heavy (non-hydrogen) atoms. The van der Waals surface area contributed by atoms with Gasteiger partial charge in [-0.2, -0.15) is 0 Å². The van der Waals surface area contributed by atoms with Crippen LogP contribution in [-0.2, 0) is 6.42 Å². The highest BCUT2D eigenvalue weighted by Crippen LogP contribution is 2.20. The Labute approximate surface area is 130 Å². The van der Waals surface area contributed by atoms with Crippen LogP contribution < -0.4 is 10.6 Å². The topological polar surface area (TPSA) is 84.3 Å². The summed E-state index contributed by atoms with van der Waals surface area (Å²) in [5.74, 6) is -0.291. The number of benzene rings is 1. The molecule has 0 saturated carbocycles. The molecule has 0 unspecified atom stereocenters. The fraction of sp³-hybridized carbons (Fsp3) is 0.500. The highest BCUT2D eigenvalue weighted by molar-refractivity contribution is 5.95. The van der Waals surface area contributed by atoms with Crippen molar-refractivity contribution < 1.29 is 9.72 Å². The van der Waals surface area contributed by atoms with Gasteiger partial charge in [0.1, 0.15) is 0 Å². The van der Waals surface area contributed by atoms with Crippen LogP contribution in [0.2, 0.25) is 0 Å². The van der Waals surface area contributed by atoms with Gasteiger partial charge in [0.15, 0.2) is 0 Å². The van der Waals surface area contributed by atoms with Crippen LogP contribution in [0, 0.1) is 10.1 Å². The van der Waals surface area contributed by atoms with Gasteiger partial charge in [-0.3, -0.25) is 14.9 Å². The summed E-state index contributed by atoms with van der Waals surface area (Å²) in [6, 6.07) is 4.76. The van der Waals surface area contributed by atoms with Crippen LogP contribution in [0.25, 0.3) is 0 Å². The summed E-state index contributed by atoms with van der Waals surface area (Å²) in [5, 5.41) is 16.9. The van der Waals surface area contributed by atoms with E-state index >= 15 is 0 Å². The van der Waals surface area contributed by atoms with Crippen LogP contribution in [0.15, 0.2) is 18.2 Å². The van der Waals surface area contributed by atoms with Crippen molar-refractivity contribution in [2.45, 2.75) is 33.2 Å². The number of nitro benzene ring substituents is 1. The predicted octanol–water partition coefficient (Wildman–Crippen LogP) is 2.31. The molecule has 0 aliphatic rings. The van der Waals surface area contributed by atoms with E-state index in [1.807, 2.05) is 20.8 Å². The molecule has 0 spiro atoms. The first-order chi connectivity index (χ1) is 9.49. The molecule has 0 aliphatic carbocycles. The summed E-state index contributed by atoms with van der Waals surface area (Å²) in [6.45, 7) is 7.11. The van der Waals surface area contributed by atoms with Crippen molar-refractivity contribution in [2.75, 3.05) is 13.1 Å². The number of nitrogens with one attached hydrogen (secondary N) is 2. The third-order valence-electron chi connectivity index (χ3n) is 3.05. The van der Waals surface area contributed by atoms with Gasteiger partial charge in [-0.15, -0.1) is 12.4 Å². The minimum absolute atomic E-state index is 0. The number of aryl methyl sites for hydroxylation is 1. The Morgan fingerprint density at radius 3 is 2.57 bits per heavy atom. The highest BCUT2D eigenvalue weighted by atomic mass is 35.5. The zero-order valence-electron chi connectivity index (χ0n) is 12.5. The first kappa shape index (κ1) is 19.3. The molecule has 6 nitrogen and oxygen atoms in total. The molecule has 0 aromatic heterocycles. The lowest BCUT2D eigenvalue weighted by atomic mass is 10.1. The van der Waals surface area contributed by atoms with Gasteiger partial charge in [0.05, 0.1) is 4.92 Å². The lowest BCUT2D eigenvalue weighted by Gasteiger charge is -2.13. The average molecular weight is 316 g/mol. The molecular weight excluding hydrogens is 294 g/mol. The number of likely N-dealkylation sites (N-methyl/N-ethyl adjacent to an activating group) is 1. The number of hydrogen-bond acceptors (Lipinski definition) is 4. The molecule has 0 radical (unpaired) electrons. The SMILES string of the molecule is CCN[C@H](C)CNC(=O)c1ccc(CC)c([N+](=O)[O-])c1.Cl. The zero-order chi connectivity index (χ0) is 15.1.